The predicted molar refractivity (Wildman–Crippen MR) is 84.1 cm³/mol. The van der Waals surface area contributed by atoms with Crippen LogP contribution < -0.4 is 10.4 Å². The van der Waals surface area contributed by atoms with Crippen LogP contribution in [-0.2, 0) is 16.6 Å². The number of imidazole rings is 1. The predicted octanol–water partition coefficient (Wildman–Crippen LogP) is 1.21. The number of nitriles is 1. The number of sulfonamides is 1. The Morgan fingerprint density at radius 2 is 1.83 bits per heavy atom. The molecular formula is C15H12N4O3S. The lowest BCUT2D eigenvalue weighted by atomic mass is 10.2. The number of benzene rings is 2. The topological polar surface area (TPSA) is 119 Å². The third kappa shape index (κ3) is 3.01. The average Bonchev–Trinajstić information content (AvgIpc) is 2.92. The van der Waals surface area contributed by atoms with Gasteiger partial charge in [-0.1, -0.05) is 18.2 Å². The van der Waals surface area contributed by atoms with E-state index >= 15 is 0 Å². The summed E-state index contributed by atoms with van der Waals surface area (Å²) in [5, 5.41) is 9.01. The monoisotopic (exact) mass is 328 g/mol. The smallest absolute Gasteiger partial charge is 0.306 e. The highest BCUT2D eigenvalue weighted by molar-refractivity contribution is 7.89. The van der Waals surface area contributed by atoms with E-state index in [9.17, 15) is 13.2 Å². The van der Waals surface area contributed by atoms with Crippen molar-refractivity contribution in [1.82, 2.24) is 14.7 Å². The van der Waals surface area contributed by atoms with Crippen molar-refractivity contribution >= 4 is 21.1 Å². The summed E-state index contributed by atoms with van der Waals surface area (Å²) in [7, 11) is -3.80. The van der Waals surface area contributed by atoms with Gasteiger partial charge in [0.05, 0.1) is 21.5 Å². The summed E-state index contributed by atoms with van der Waals surface area (Å²) in [5.74, 6) is 0. The number of rotatable bonds is 4. The lowest BCUT2D eigenvalue weighted by Gasteiger charge is -2.08. The molecule has 3 rings (SSSR count). The van der Waals surface area contributed by atoms with Crippen LogP contribution in [0.15, 0.2) is 52.2 Å². The van der Waals surface area contributed by atoms with Crippen molar-refractivity contribution in [3.8, 4) is 6.07 Å². The van der Waals surface area contributed by atoms with Gasteiger partial charge in [-0.15, -0.1) is 0 Å². The molecule has 2 aromatic carbocycles. The summed E-state index contributed by atoms with van der Waals surface area (Å²) >= 11 is 0. The SMILES string of the molecule is N#Cc1ccccc1S(=O)(=O)NCc1ccc2[nH]c(=O)[nH]c2c1. The van der Waals surface area contributed by atoms with E-state index in [0.29, 0.717) is 16.6 Å². The Morgan fingerprint density at radius 3 is 2.61 bits per heavy atom. The Kier molecular flexibility index (Phi) is 3.73. The maximum atomic E-state index is 12.3. The molecule has 0 bridgehead atoms. The number of aromatic amines is 2. The van der Waals surface area contributed by atoms with Gasteiger partial charge in [-0.3, -0.25) is 0 Å². The summed E-state index contributed by atoms with van der Waals surface area (Å²) in [6, 6.07) is 13.0. The number of hydrogen-bond acceptors (Lipinski definition) is 4. The van der Waals surface area contributed by atoms with Gasteiger partial charge in [-0.25, -0.2) is 17.9 Å². The first kappa shape index (κ1) is 15.0. The number of aromatic nitrogens is 2. The van der Waals surface area contributed by atoms with Crippen LogP contribution in [0.3, 0.4) is 0 Å². The molecule has 3 N–H and O–H groups in total. The minimum absolute atomic E-state index is 0.0469. The van der Waals surface area contributed by atoms with Gasteiger partial charge in [-0.05, 0) is 29.8 Å². The van der Waals surface area contributed by atoms with E-state index in [1.807, 2.05) is 6.07 Å². The summed E-state index contributed by atoms with van der Waals surface area (Å²) in [6.45, 7) is 0.0469. The lowest BCUT2D eigenvalue weighted by molar-refractivity contribution is 0.581. The van der Waals surface area contributed by atoms with Crippen LogP contribution in [0.1, 0.15) is 11.1 Å². The summed E-state index contributed by atoms with van der Waals surface area (Å²) in [4.78, 5) is 16.4. The zero-order valence-corrected chi connectivity index (χ0v) is 12.6. The molecule has 0 amide bonds. The fourth-order valence-electron chi connectivity index (χ4n) is 2.24. The van der Waals surface area contributed by atoms with Crippen molar-refractivity contribution in [2.45, 2.75) is 11.4 Å². The van der Waals surface area contributed by atoms with E-state index in [2.05, 4.69) is 14.7 Å². The molecule has 7 nitrogen and oxygen atoms in total. The molecule has 23 heavy (non-hydrogen) atoms. The highest BCUT2D eigenvalue weighted by Crippen LogP contribution is 2.15. The van der Waals surface area contributed by atoms with Crippen LogP contribution in [0.2, 0.25) is 0 Å². The third-order valence-electron chi connectivity index (χ3n) is 3.34. The Hall–Kier alpha value is -2.89. The first-order valence-corrected chi connectivity index (χ1v) is 8.17. The van der Waals surface area contributed by atoms with Gasteiger partial charge < -0.3 is 9.97 Å². The first-order chi connectivity index (χ1) is 11.0. The summed E-state index contributed by atoms with van der Waals surface area (Å²) in [5.41, 5.74) is 1.71. The normalized spacial score (nSPS) is 11.4. The highest BCUT2D eigenvalue weighted by Gasteiger charge is 2.17. The Bertz CT molecular complexity index is 1070. The van der Waals surface area contributed by atoms with Crippen molar-refractivity contribution in [3.05, 3.63) is 64.1 Å². The minimum Gasteiger partial charge on any atom is -0.306 e. The maximum absolute atomic E-state index is 12.3. The molecule has 1 heterocycles. The zero-order valence-electron chi connectivity index (χ0n) is 11.8. The van der Waals surface area contributed by atoms with Gasteiger partial charge in [0.1, 0.15) is 6.07 Å². The van der Waals surface area contributed by atoms with Crippen molar-refractivity contribution in [2.75, 3.05) is 0 Å². The van der Waals surface area contributed by atoms with Crippen molar-refractivity contribution in [3.63, 3.8) is 0 Å². The summed E-state index contributed by atoms with van der Waals surface area (Å²) in [6.07, 6.45) is 0. The lowest BCUT2D eigenvalue weighted by Crippen LogP contribution is -2.24. The molecule has 0 aliphatic rings. The quantitative estimate of drug-likeness (QED) is 0.667. The number of hydrogen-bond donors (Lipinski definition) is 3. The number of fused-ring (bicyclic) bond motifs is 1. The fourth-order valence-corrected chi connectivity index (χ4v) is 3.41. The van der Waals surface area contributed by atoms with Crippen molar-refractivity contribution in [1.29, 1.82) is 5.26 Å². The van der Waals surface area contributed by atoms with Gasteiger partial charge in [0.25, 0.3) is 0 Å². The van der Waals surface area contributed by atoms with Crippen LogP contribution in [-0.4, -0.2) is 18.4 Å². The minimum atomic E-state index is -3.80. The van der Waals surface area contributed by atoms with Crippen LogP contribution in [0.5, 0.6) is 0 Å². The van der Waals surface area contributed by atoms with E-state index in [1.165, 1.54) is 12.1 Å². The van der Waals surface area contributed by atoms with Gasteiger partial charge in [0.15, 0.2) is 0 Å². The Balaban J connectivity index is 1.86. The second-order valence-electron chi connectivity index (χ2n) is 4.89. The Labute approximate surface area is 131 Å². The molecule has 116 valence electrons. The van der Waals surface area contributed by atoms with Gasteiger partial charge in [-0.2, -0.15) is 5.26 Å². The molecule has 0 spiro atoms. The van der Waals surface area contributed by atoms with E-state index in [1.54, 1.807) is 30.3 Å². The molecule has 8 heteroatoms. The molecular weight excluding hydrogens is 316 g/mol. The highest BCUT2D eigenvalue weighted by atomic mass is 32.2. The van der Waals surface area contributed by atoms with Crippen LogP contribution >= 0.6 is 0 Å². The van der Waals surface area contributed by atoms with Gasteiger partial charge in [0, 0.05) is 6.54 Å². The van der Waals surface area contributed by atoms with Crippen LogP contribution in [0.4, 0.5) is 0 Å². The zero-order chi connectivity index (χ0) is 16.4. The molecule has 0 atom stereocenters. The van der Waals surface area contributed by atoms with Gasteiger partial charge >= 0.3 is 5.69 Å². The van der Waals surface area contributed by atoms with E-state index in [0.717, 1.165) is 0 Å². The van der Waals surface area contributed by atoms with Crippen LogP contribution in [0.25, 0.3) is 11.0 Å². The second-order valence-corrected chi connectivity index (χ2v) is 6.63. The summed E-state index contributed by atoms with van der Waals surface area (Å²) < 4.78 is 27.1. The molecule has 1 aromatic heterocycles. The standard InChI is InChI=1S/C15H12N4O3S/c16-8-11-3-1-2-4-14(11)23(21,22)17-9-10-5-6-12-13(7-10)19-15(20)18-12/h1-7,17H,9H2,(H2,18,19,20). The first-order valence-electron chi connectivity index (χ1n) is 6.69. The third-order valence-corrected chi connectivity index (χ3v) is 4.80. The molecule has 0 aliphatic heterocycles. The van der Waals surface area contributed by atoms with Crippen LogP contribution in [0, 0.1) is 11.3 Å². The second kappa shape index (κ2) is 5.72. The number of nitrogens with zero attached hydrogens (tertiary/aromatic N) is 1. The molecule has 0 unspecified atom stereocenters. The number of H-pyrrole nitrogens is 2. The largest absolute Gasteiger partial charge is 0.323 e. The number of nitrogens with one attached hydrogen (secondary N) is 3. The molecule has 3 aromatic rings. The molecule has 0 fully saturated rings. The van der Waals surface area contributed by atoms with E-state index in [-0.39, 0.29) is 22.7 Å². The van der Waals surface area contributed by atoms with Crippen molar-refractivity contribution in [2.24, 2.45) is 0 Å². The molecule has 0 saturated carbocycles. The van der Waals surface area contributed by atoms with Crippen molar-refractivity contribution < 1.29 is 8.42 Å². The molecule has 0 saturated heterocycles. The average molecular weight is 328 g/mol. The maximum Gasteiger partial charge on any atom is 0.323 e. The van der Waals surface area contributed by atoms with Gasteiger partial charge in [0.2, 0.25) is 10.0 Å². The molecule has 0 radical (unpaired) electrons. The van der Waals surface area contributed by atoms with E-state index < -0.39 is 10.0 Å². The van der Waals surface area contributed by atoms with E-state index in [4.69, 9.17) is 5.26 Å². The molecule has 0 aliphatic carbocycles. The Morgan fingerprint density at radius 1 is 1.09 bits per heavy atom. The fraction of sp³-hybridized carbons (Fsp3) is 0.0667.